The van der Waals surface area contributed by atoms with Crippen LogP contribution in [0.2, 0.25) is 0 Å². The number of benzene rings is 2. The Morgan fingerprint density at radius 1 is 1.04 bits per heavy atom. The molecule has 0 aliphatic carbocycles. The lowest BCUT2D eigenvalue weighted by Gasteiger charge is -2.20. The van der Waals surface area contributed by atoms with Crippen molar-refractivity contribution in [1.82, 2.24) is 10.2 Å². The van der Waals surface area contributed by atoms with Crippen molar-refractivity contribution in [2.45, 2.75) is 6.54 Å². The molecule has 6 nitrogen and oxygen atoms in total. The molecule has 2 aromatic carbocycles. The van der Waals surface area contributed by atoms with Gasteiger partial charge in [-0.2, -0.15) is 0 Å². The number of nitrogens with one attached hydrogen (secondary N) is 1. The summed E-state index contributed by atoms with van der Waals surface area (Å²) in [6.07, 6.45) is 3.05. The SMILES string of the molecule is CNC(=O)c1ccc(/C=C\C(=O)N(CC(=O)OC)Cc2ccccc2)cc1. The van der Waals surface area contributed by atoms with Gasteiger partial charge in [-0.25, -0.2) is 0 Å². The van der Waals surface area contributed by atoms with E-state index in [9.17, 15) is 14.4 Å². The molecule has 140 valence electrons. The third-order valence-corrected chi connectivity index (χ3v) is 3.89. The summed E-state index contributed by atoms with van der Waals surface area (Å²) < 4.78 is 4.68. The van der Waals surface area contributed by atoms with Crippen LogP contribution in [0.25, 0.3) is 6.08 Å². The highest BCUT2D eigenvalue weighted by atomic mass is 16.5. The Morgan fingerprint density at radius 3 is 2.30 bits per heavy atom. The monoisotopic (exact) mass is 366 g/mol. The van der Waals surface area contributed by atoms with E-state index >= 15 is 0 Å². The van der Waals surface area contributed by atoms with Crippen LogP contribution in [0.1, 0.15) is 21.5 Å². The highest BCUT2D eigenvalue weighted by molar-refractivity contribution is 5.95. The van der Waals surface area contributed by atoms with Crippen molar-refractivity contribution >= 4 is 23.9 Å². The minimum atomic E-state index is -0.484. The van der Waals surface area contributed by atoms with Gasteiger partial charge < -0.3 is 15.0 Å². The Morgan fingerprint density at radius 2 is 1.70 bits per heavy atom. The first-order valence-electron chi connectivity index (χ1n) is 8.43. The number of rotatable bonds is 7. The second-order valence-corrected chi connectivity index (χ2v) is 5.79. The fourth-order valence-electron chi connectivity index (χ4n) is 2.40. The normalized spacial score (nSPS) is 10.4. The number of methoxy groups -OCH3 is 1. The van der Waals surface area contributed by atoms with E-state index in [1.54, 1.807) is 37.4 Å². The molecule has 6 heteroatoms. The fraction of sp³-hybridized carbons (Fsp3) is 0.190. The summed E-state index contributed by atoms with van der Waals surface area (Å²) in [6.45, 7) is 0.166. The number of hydrogen-bond acceptors (Lipinski definition) is 4. The zero-order chi connectivity index (χ0) is 19.6. The van der Waals surface area contributed by atoms with Gasteiger partial charge >= 0.3 is 5.97 Å². The highest BCUT2D eigenvalue weighted by Gasteiger charge is 2.16. The molecule has 0 aliphatic heterocycles. The molecule has 0 bridgehead atoms. The van der Waals surface area contributed by atoms with E-state index in [0.29, 0.717) is 12.1 Å². The van der Waals surface area contributed by atoms with Crippen LogP contribution in [-0.4, -0.2) is 43.4 Å². The van der Waals surface area contributed by atoms with Crippen LogP contribution >= 0.6 is 0 Å². The van der Waals surface area contributed by atoms with E-state index in [1.807, 2.05) is 30.3 Å². The molecular weight excluding hydrogens is 344 g/mol. The largest absolute Gasteiger partial charge is 0.468 e. The van der Waals surface area contributed by atoms with Gasteiger partial charge in [0.1, 0.15) is 6.54 Å². The summed E-state index contributed by atoms with van der Waals surface area (Å²) >= 11 is 0. The number of ether oxygens (including phenoxy) is 1. The van der Waals surface area contributed by atoms with Crippen molar-refractivity contribution in [2.75, 3.05) is 20.7 Å². The zero-order valence-corrected chi connectivity index (χ0v) is 15.3. The molecule has 2 amide bonds. The quantitative estimate of drug-likeness (QED) is 0.602. The maximum atomic E-state index is 12.6. The predicted octanol–water partition coefficient (Wildman–Crippen LogP) is 2.26. The molecule has 0 spiro atoms. The lowest BCUT2D eigenvalue weighted by molar-refractivity contribution is -0.145. The summed E-state index contributed by atoms with van der Waals surface area (Å²) in [7, 11) is 2.86. The molecule has 2 rings (SSSR count). The first-order chi connectivity index (χ1) is 13.0. The van der Waals surface area contributed by atoms with Crippen LogP contribution in [0, 0.1) is 0 Å². The first-order valence-corrected chi connectivity index (χ1v) is 8.43. The van der Waals surface area contributed by atoms with Gasteiger partial charge in [0.2, 0.25) is 5.91 Å². The Labute approximate surface area is 158 Å². The molecule has 0 saturated carbocycles. The molecular formula is C21H22N2O4. The van der Waals surface area contributed by atoms with Crippen LogP contribution in [0.4, 0.5) is 0 Å². The minimum Gasteiger partial charge on any atom is -0.468 e. The van der Waals surface area contributed by atoms with Crippen molar-refractivity contribution < 1.29 is 19.1 Å². The standard InChI is InChI=1S/C21H22N2O4/c1-22-21(26)18-11-8-16(9-12-18)10-13-19(24)23(15-20(25)27-2)14-17-6-4-3-5-7-17/h3-13H,14-15H2,1-2H3,(H,22,26)/b13-10-. The third-order valence-electron chi connectivity index (χ3n) is 3.89. The summed E-state index contributed by atoms with van der Waals surface area (Å²) in [5.41, 5.74) is 2.23. The smallest absolute Gasteiger partial charge is 0.325 e. The zero-order valence-electron chi connectivity index (χ0n) is 15.3. The van der Waals surface area contributed by atoms with Gasteiger partial charge in [0, 0.05) is 25.2 Å². The van der Waals surface area contributed by atoms with Crippen LogP contribution in [0.15, 0.2) is 60.7 Å². The summed E-state index contributed by atoms with van der Waals surface area (Å²) in [6, 6.07) is 16.3. The summed E-state index contributed by atoms with van der Waals surface area (Å²) in [5.74, 6) is -0.962. The van der Waals surface area contributed by atoms with Gasteiger partial charge in [-0.15, -0.1) is 0 Å². The molecule has 0 radical (unpaired) electrons. The third kappa shape index (κ3) is 6.11. The molecule has 0 heterocycles. The molecule has 1 N–H and O–H groups in total. The number of carbonyl (C=O) groups excluding carboxylic acids is 3. The topological polar surface area (TPSA) is 75.7 Å². The van der Waals surface area contributed by atoms with Crippen LogP contribution in [0.5, 0.6) is 0 Å². The Hall–Kier alpha value is -3.41. The van der Waals surface area contributed by atoms with Crippen molar-refractivity contribution in [3.8, 4) is 0 Å². The van der Waals surface area contributed by atoms with Gasteiger partial charge in [0.15, 0.2) is 0 Å². The number of esters is 1. The summed E-state index contributed by atoms with van der Waals surface area (Å²) in [5, 5.41) is 2.55. The van der Waals surface area contributed by atoms with Gasteiger partial charge in [0.05, 0.1) is 7.11 Å². The van der Waals surface area contributed by atoms with Crippen molar-refractivity contribution in [3.05, 3.63) is 77.4 Å². The van der Waals surface area contributed by atoms with Crippen molar-refractivity contribution in [2.24, 2.45) is 0 Å². The average Bonchev–Trinajstić information content (AvgIpc) is 2.71. The Bertz CT molecular complexity index is 814. The van der Waals surface area contributed by atoms with E-state index in [0.717, 1.165) is 11.1 Å². The number of hydrogen-bond donors (Lipinski definition) is 1. The molecule has 2 aromatic rings. The number of nitrogens with zero attached hydrogens (tertiary/aromatic N) is 1. The van der Waals surface area contributed by atoms with Crippen molar-refractivity contribution in [1.29, 1.82) is 0 Å². The van der Waals surface area contributed by atoms with E-state index in [2.05, 4.69) is 10.1 Å². The predicted molar refractivity (Wildman–Crippen MR) is 103 cm³/mol. The van der Waals surface area contributed by atoms with Gasteiger partial charge in [-0.3, -0.25) is 14.4 Å². The van der Waals surface area contributed by atoms with E-state index in [-0.39, 0.29) is 18.4 Å². The van der Waals surface area contributed by atoms with E-state index in [1.165, 1.54) is 18.1 Å². The number of amides is 2. The summed E-state index contributed by atoms with van der Waals surface area (Å²) in [4.78, 5) is 37.2. The van der Waals surface area contributed by atoms with Gasteiger partial charge in [-0.1, -0.05) is 42.5 Å². The minimum absolute atomic E-state index is 0.135. The van der Waals surface area contributed by atoms with Crippen LogP contribution < -0.4 is 5.32 Å². The second kappa shape index (κ2) is 9.91. The Balaban J connectivity index is 2.10. The Kier molecular flexibility index (Phi) is 7.31. The molecule has 0 aromatic heterocycles. The van der Waals surface area contributed by atoms with E-state index in [4.69, 9.17) is 0 Å². The molecule has 0 unspecified atom stereocenters. The molecule has 27 heavy (non-hydrogen) atoms. The van der Waals surface area contributed by atoms with Gasteiger partial charge in [0.25, 0.3) is 5.91 Å². The maximum Gasteiger partial charge on any atom is 0.325 e. The second-order valence-electron chi connectivity index (χ2n) is 5.79. The van der Waals surface area contributed by atoms with Gasteiger partial charge in [-0.05, 0) is 29.3 Å². The molecule has 0 saturated heterocycles. The fourth-order valence-corrected chi connectivity index (χ4v) is 2.40. The first kappa shape index (κ1) is 19.9. The van der Waals surface area contributed by atoms with Crippen molar-refractivity contribution in [3.63, 3.8) is 0 Å². The van der Waals surface area contributed by atoms with Crippen LogP contribution in [0.3, 0.4) is 0 Å². The van der Waals surface area contributed by atoms with E-state index < -0.39 is 5.97 Å². The lowest BCUT2D eigenvalue weighted by Crippen LogP contribution is -2.34. The number of carbonyl (C=O) groups is 3. The maximum absolute atomic E-state index is 12.6. The average molecular weight is 366 g/mol. The molecule has 0 atom stereocenters. The molecule has 0 fully saturated rings. The lowest BCUT2D eigenvalue weighted by atomic mass is 10.1. The van der Waals surface area contributed by atoms with Crippen LogP contribution in [-0.2, 0) is 20.9 Å². The molecule has 0 aliphatic rings. The highest BCUT2D eigenvalue weighted by Crippen LogP contribution is 2.09.